The summed E-state index contributed by atoms with van der Waals surface area (Å²) in [5, 5.41) is 6.37. The van der Waals surface area contributed by atoms with Crippen molar-refractivity contribution < 1.29 is 9.53 Å². The van der Waals surface area contributed by atoms with Gasteiger partial charge in [-0.3, -0.25) is 4.79 Å². The van der Waals surface area contributed by atoms with Crippen molar-refractivity contribution in [2.24, 2.45) is 0 Å². The fraction of sp³-hybridized carbons (Fsp3) is 0.923. The lowest BCUT2D eigenvalue weighted by Gasteiger charge is -2.27. The number of hydrogen-bond donors (Lipinski definition) is 2. The van der Waals surface area contributed by atoms with Crippen LogP contribution in [0.15, 0.2) is 0 Å². The largest absolute Gasteiger partial charge is 0.378 e. The van der Waals surface area contributed by atoms with E-state index >= 15 is 0 Å². The lowest BCUT2D eigenvalue weighted by Crippen LogP contribution is -2.50. The van der Waals surface area contributed by atoms with Crippen molar-refractivity contribution in [2.75, 3.05) is 13.2 Å². The lowest BCUT2D eigenvalue weighted by molar-refractivity contribution is -0.124. The molecule has 98 valence electrons. The van der Waals surface area contributed by atoms with Crippen LogP contribution in [-0.2, 0) is 9.53 Å². The lowest BCUT2D eigenvalue weighted by atomic mass is 9.99. The van der Waals surface area contributed by atoms with Crippen LogP contribution in [0.3, 0.4) is 0 Å². The topological polar surface area (TPSA) is 50.4 Å². The SMILES string of the molecule is CC1CCCC(C(=O)NCCC2CCCO2)N1. The van der Waals surface area contributed by atoms with E-state index in [1.807, 2.05) is 0 Å². The summed E-state index contributed by atoms with van der Waals surface area (Å²) in [6, 6.07) is 0.487. The molecule has 0 saturated carbocycles. The minimum atomic E-state index is 0.0169. The van der Waals surface area contributed by atoms with E-state index in [0.717, 1.165) is 38.8 Å². The second kappa shape index (κ2) is 6.36. The van der Waals surface area contributed by atoms with Gasteiger partial charge in [0.1, 0.15) is 0 Å². The number of rotatable bonds is 4. The zero-order valence-electron chi connectivity index (χ0n) is 10.7. The number of piperidine rings is 1. The van der Waals surface area contributed by atoms with Crippen molar-refractivity contribution in [1.82, 2.24) is 10.6 Å². The average Bonchev–Trinajstić information content (AvgIpc) is 2.82. The van der Waals surface area contributed by atoms with E-state index in [1.54, 1.807) is 0 Å². The highest BCUT2D eigenvalue weighted by atomic mass is 16.5. The Labute approximate surface area is 103 Å². The first kappa shape index (κ1) is 12.8. The van der Waals surface area contributed by atoms with Gasteiger partial charge in [0.15, 0.2) is 0 Å². The van der Waals surface area contributed by atoms with Gasteiger partial charge in [-0.15, -0.1) is 0 Å². The van der Waals surface area contributed by atoms with Gasteiger partial charge in [-0.1, -0.05) is 0 Å². The van der Waals surface area contributed by atoms with Crippen LogP contribution in [0.2, 0.25) is 0 Å². The molecule has 0 aliphatic carbocycles. The summed E-state index contributed by atoms with van der Waals surface area (Å²) < 4.78 is 5.53. The predicted octanol–water partition coefficient (Wildman–Crippen LogP) is 1.20. The molecule has 0 aromatic rings. The van der Waals surface area contributed by atoms with E-state index in [9.17, 15) is 4.79 Å². The third kappa shape index (κ3) is 3.96. The monoisotopic (exact) mass is 240 g/mol. The summed E-state index contributed by atoms with van der Waals surface area (Å²) in [6.45, 7) is 3.78. The van der Waals surface area contributed by atoms with E-state index < -0.39 is 0 Å². The van der Waals surface area contributed by atoms with Crippen LogP contribution in [0.5, 0.6) is 0 Å². The minimum Gasteiger partial charge on any atom is -0.378 e. The molecule has 17 heavy (non-hydrogen) atoms. The molecule has 2 aliphatic heterocycles. The molecule has 0 aromatic heterocycles. The third-order valence-corrected chi connectivity index (χ3v) is 3.72. The van der Waals surface area contributed by atoms with E-state index in [4.69, 9.17) is 4.74 Å². The van der Waals surface area contributed by atoms with Crippen molar-refractivity contribution in [3.63, 3.8) is 0 Å². The van der Waals surface area contributed by atoms with Crippen LogP contribution in [0.4, 0.5) is 0 Å². The Morgan fingerprint density at radius 3 is 2.94 bits per heavy atom. The second-order valence-electron chi connectivity index (χ2n) is 5.27. The Bertz CT molecular complexity index is 252. The fourth-order valence-electron chi connectivity index (χ4n) is 2.70. The van der Waals surface area contributed by atoms with Crippen LogP contribution in [0.1, 0.15) is 45.4 Å². The molecule has 0 bridgehead atoms. The highest BCUT2D eigenvalue weighted by molar-refractivity contribution is 5.81. The Hall–Kier alpha value is -0.610. The molecule has 2 fully saturated rings. The molecular weight excluding hydrogens is 216 g/mol. The first-order valence-electron chi connectivity index (χ1n) is 6.91. The molecule has 2 saturated heterocycles. The standard InChI is InChI=1S/C13H24N2O2/c1-10-4-2-6-12(15-10)13(16)14-8-7-11-5-3-9-17-11/h10-12,15H,2-9H2,1H3,(H,14,16). The second-order valence-corrected chi connectivity index (χ2v) is 5.27. The summed E-state index contributed by atoms with van der Waals surface area (Å²) >= 11 is 0. The Morgan fingerprint density at radius 1 is 1.35 bits per heavy atom. The van der Waals surface area contributed by atoms with Crippen molar-refractivity contribution in [1.29, 1.82) is 0 Å². The fourth-order valence-corrected chi connectivity index (χ4v) is 2.70. The first-order chi connectivity index (χ1) is 8.25. The number of carbonyl (C=O) groups is 1. The van der Waals surface area contributed by atoms with Crippen molar-refractivity contribution in [3.8, 4) is 0 Å². The molecule has 0 spiro atoms. The molecule has 0 radical (unpaired) electrons. The predicted molar refractivity (Wildman–Crippen MR) is 66.8 cm³/mol. The quantitative estimate of drug-likeness (QED) is 0.776. The smallest absolute Gasteiger partial charge is 0.237 e. The molecule has 4 nitrogen and oxygen atoms in total. The normalized spacial score (nSPS) is 33.6. The molecule has 1 amide bonds. The van der Waals surface area contributed by atoms with Gasteiger partial charge in [0, 0.05) is 19.2 Å². The zero-order valence-corrected chi connectivity index (χ0v) is 10.7. The van der Waals surface area contributed by atoms with Gasteiger partial charge in [-0.25, -0.2) is 0 Å². The van der Waals surface area contributed by atoms with Crippen LogP contribution >= 0.6 is 0 Å². The highest BCUT2D eigenvalue weighted by Crippen LogP contribution is 2.15. The Morgan fingerprint density at radius 2 is 2.24 bits per heavy atom. The van der Waals surface area contributed by atoms with E-state index in [0.29, 0.717) is 12.1 Å². The first-order valence-corrected chi connectivity index (χ1v) is 6.91. The van der Waals surface area contributed by atoms with Crippen molar-refractivity contribution in [2.45, 2.75) is 63.6 Å². The molecule has 2 rings (SSSR count). The van der Waals surface area contributed by atoms with Crippen LogP contribution in [0.25, 0.3) is 0 Å². The van der Waals surface area contributed by atoms with E-state index in [2.05, 4.69) is 17.6 Å². The number of hydrogen-bond acceptors (Lipinski definition) is 3. The molecule has 2 heterocycles. The van der Waals surface area contributed by atoms with E-state index in [1.165, 1.54) is 12.8 Å². The van der Waals surface area contributed by atoms with Crippen LogP contribution in [-0.4, -0.2) is 37.2 Å². The highest BCUT2D eigenvalue weighted by Gasteiger charge is 2.24. The summed E-state index contributed by atoms with van der Waals surface area (Å²) in [5.74, 6) is 0.162. The van der Waals surface area contributed by atoms with Crippen molar-refractivity contribution >= 4 is 5.91 Å². The van der Waals surface area contributed by atoms with Gasteiger partial charge in [-0.05, 0) is 45.4 Å². The summed E-state index contributed by atoms with van der Waals surface area (Å²) in [6.07, 6.45) is 6.94. The Balaban J connectivity index is 1.62. The maximum atomic E-state index is 11.9. The summed E-state index contributed by atoms with van der Waals surface area (Å²) in [7, 11) is 0. The van der Waals surface area contributed by atoms with Crippen LogP contribution < -0.4 is 10.6 Å². The number of carbonyl (C=O) groups excluding carboxylic acids is 1. The average molecular weight is 240 g/mol. The maximum Gasteiger partial charge on any atom is 0.237 e. The molecular formula is C13H24N2O2. The van der Waals surface area contributed by atoms with Gasteiger partial charge in [0.2, 0.25) is 5.91 Å². The number of ether oxygens (including phenoxy) is 1. The zero-order chi connectivity index (χ0) is 12.1. The Kier molecular flexibility index (Phi) is 4.80. The van der Waals surface area contributed by atoms with Gasteiger partial charge >= 0.3 is 0 Å². The molecule has 2 N–H and O–H groups in total. The summed E-state index contributed by atoms with van der Waals surface area (Å²) in [5.41, 5.74) is 0. The van der Waals surface area contributed by atoms with Gasteiger partial charge in [0.05, 0.1) is 12.1 Å². The van der Waals surface area contributed by atoms with Gasteiger partial charge in [0.25, 0.3) is 0 Å². The third-order valence-electron chi connectivity index (χ3n) is 3.72. The molecule has 4 heteroatoms. The molecule has 0 aromatic carbocycles. The van der Waals surface area contributed by atoms with E-state index in [-0.39, 0.29) is 11.9 Å². The van der Waals surface area contributed by atoms with Crippen molar-refractivity contribution in [3.05, 3.63) is 0 Å². The molecule has 3 unspecified atom stereocenters. The number of amides is 1. The summed E-state index contributed by atoms with van der Waals surface area (Å²) in [4.78, 5) is 11.9. The van der Waals surface area contributed by atoms with Gasteiger partial charge < -0.3 is 15.4 Å². The minimum absolute atomic E-state index is 0.0169. The number of nitrogens with one attached hydrogen (secondary N) is 2. The molecule has 3 atom stereocenters. The van der Waals surface area contributed by atoms with Gasteiger partial charge in [-0.2, -0.15) is 0 Å². The van der Waals surface area contributed by atoms with Crippen LogP contribution in [0, 0.1) is 0 Å². The maximum absolute atomic E-state index is 11.9. The molecule has 2 aliphatic rings.